The first kappa shape index (κ1) is 18.2. The van der Waals surface area contributed by atoms with Gasteiger partial charge in [-0.25, -0.2) is 4.79 Å². The zero-order valence-corrected chi connectivity index (χ0v) is 12.4. The van der Waals surface area contributed by atoms with Crippen LogP contribution in [0.5, 0.6) is 11.5 Å². The Kier molecular flexibility index (Phi) is 5.75. The van der Waals surface area contributed by atoms with E-state index in [1.54, 1.807) is 0 Å². The lowest BCUT2D eigenvalue weighted by Gasteiger charge is -2.39. The molecule has 1 aromatic rings. The molecule has 9 heteroatoms. The molecule has 0 amide bonds. The average molecular weight is 342 g/mol. The van der Waals surface area contributed by atoms with E-state index in [1.807, 2.05) is 0 Å². The van der Waals surface area contributed by atoms with Crippen molar-refractivity contribution in [3.05, 3.63) is 29.8 Å². The van der Waals surface area contributed by atoms with Crippen LogP contribution in [0.1, 0.15) is 5.56 Å². The van der Waals surface area contributed by atoms with E-state index in [-0.39, 0.29) is 11.5 Å². The van der Waals surface area contributed by atoms with Gasteiger partial charge in [-0.05, 0) is 23.8 Å². The summed E-state index contributed by atoms with van der Waals surface area (Å²) in [6.07, 6.45) is -5.38. The molecule has 1 aliphatic rings. The standard InChI is InChI=1S/C15H18O9/c16-6-10-12(20)14(13(21)15(22)23-10)24-11(19)4-2-7-1-3-8(17)9(18)5-7/h1-5,10,12-18,20-22H,6H2/b4-2+/t10-,12-,13-,14+,15?/m1/s1. The fourth-order valence-corrected chi connectivity index (χ4v) is 2.19. The minimum Gasteiger partial charge on any atom is -0.504 e. The SMILES string of the molecule is O=C(/C=C/c1ccc(O)c(O)c1)O[C@H]1[C@H](O)[C@@H](CO)OC(O)[C@@H]1O. The molecule has 1 unspecified atom stereocenters. The molecule has 132 valence electrons. The summed E-state index contributed by atoms with van der Waals surface area (Å²) in [6.45, 7) is -0.637. The fraction of sp³-hybridized carbons (Fsp3) is 0.400. The Hall–Kier alpha value is -2.17. The molecule has 2 rings (SSSR count). The molecule has 6 N–H and O–H groups in total. The maximum atomic E-state index is 11.8. The maximum absolute atomic E-state index is 11.8. The van der Waals surface area contributed by atoms with Crippen LogP contribution >= 0.6 is 0 Å². The van der Waals surface area contributed by atoms with Gasteiger partial charge in [0.15, 0.2) is 23.9 Å². The molecule has 1 saturated heterocycles. The van der Waals surface area contributed by atoms with Gasteiger partial charge in [0.2, 0.25) is 0 Å². The number of benzene rings is 1. The summed E-state index contributed by atoms with van der Waals surface area (Å²) in [5.74, 6) is -1.61. The number of ether oxygens (including phenoxy) is 2. The number of carbonyl (C=O) groups is 1. The molecular formula is C15H18O9. The molecule has 0 saturated carbocycles. The molecule has 0 spiro atoms. The predicted molar refractivity (Wildman–Crippen MR) is 78.7 cm³/mol. The molecule has 0 bridgehead atoms. The molecule has 1 aromatic carbocycles. The predicted octanol–water partition coefficient (Wildman–Crippen LogP) is -1.55. The quantitative estimate of drug-likeness (QED) is 0.217. The summed E-state index contributed by atoms with van der Waals surface area (Å²) in [4.78, 5) is 11.8. The molecule has 1 heterocycles. The van der Waals surface area contributed by atoms with E-state index in [0.717, 1.165) is 6.08 Å². The maximum Gasteiger partial charge on any atom is 0.331 e. The third kappa shape index (κ3) is 4.02. The molecule has 24 heavy (non-hydrogen) atoms. The zero-order chi connectivity index (χ0) is 17.9. The lowest BCUT2D eigenvalue weighted by atomic mass is 9.99. The first-order valence-electron chi connectivity index (χ1n) is 7.04. The second-order valence-electron chi connectivity index (χ2n) is 5.21. The van der Waals surface area contributed by atoms with E-state index in [9.17, 15) is 30.3 Å². The highest BCUT2D eigenvalue weighted by atomic mass is 16.7. The van der Waals surface area contributed by atoms with Gasteiger partial charge < -0.3 is 40.1 Å². The summed E-state index contributed by atoms with van der Waals surface area (Å²) in [5.41, 5.74) is 0.392. The normalized spacial score (nSPS) is 30.4. The van der Waals surface area contributed by atoms with Gasteiger partial charge in [-0.2, -0.15) is 0 Å². The van der Waals surface area contributed by atoms with Crippen LogP contribution in [0, 0.1) is 0 Å². The van der Waals surface area contributed by atoms with Crippen molar-refractivity contribution in [3.63, 3.8) is 0 Å². The third-order valence-corrected chi connectivity index (χ3v) is 3.50. The number of aliphatic hydroxyl groups excluding tert-OH is 4. The summed E-state index contributed by atoms with van der Waals surface area (Å²) in [7, 11) is 0. The summed E-state index contributed by atoms with van der Waals surface area (Å²) < 4.78 is 9.68. The lowest BCUT2D eigenvalue weighted by Crippen LogP contribution is -2.59. The first-order valence-corrected chi connectivity index (χ1v) is 7.04. The van der Waals surface area contributed by atoms with Crippen molar-refractivity contribution in [2.24, 2.45) is 0 Å². The van der Waals surface area contributed by atoms with E-state index >= 15 is 0 Å². The number of hydrogen-bond acceptors (Lipinski definition) is 9. The first-order chi connectivity index (χ1) is 11.3. The van der Waals surface area contributed by atoms with Gasteiger partial charge in [0.1, 0.15) is 18.3 Å². The molecule has 0 radical (unpaired) electrons. The van der Waals surface area contributed by atoms with Crippen LogP contribution < -0.4 is 0 Å². The largest absolute Gasteiger partial charge is 0.504 e. The van der Waals surface area contributed by atoms with Gasteiger partial charge in [-0.15, -0.1) is 0 Å². The van der Waals surface area contributed by atoms with Gasteiger partial charge in [0.05, 0.1) is 6.61 Å². The Morgan fingerprint density at radius 3 is 2.50 bits per heavy atom. The zero-order valence-electron chi connectivity index (χ0n) is 12.4. The van der Waals surface area contributed by atoms with Gasteiger partial charge in [0.25, 0.3) is 0 Å². The fourth-order valence-electron chi connectivity index (χ4n) is 2.19. The van der Waals surface area contributed by atoms with Crippen molar-refractivity contribution < 1.29 is 44.9 Å². The summed E-state index contributed by atoms with van der Waals surface area (Å²) in [5, 5.41) is 56.7. The van der Waals surface area contributed by atoms with Crippen LogP contribution in [-0.4, -0.2) is 73.9 Å². The van der Waals surface area contributed by atoms with Crippen molar-refractivity contribution in [1.29, 1.82) is 0 Å². The van der Waals surface area contributed by atoms with Crippen molar-refractivity contribution in [2.45, 2.75) is 30.7 Å². The second-order valence-corrected chi connectivity index (χ2v) is 5.21. The Labute approximate surface area is 136 Å². The molecule has 0 aliphatic carbocycles. The van der Waals surface area contributed by atoms with Crippen LogP contribution in [0.3, 0.4) is 0 Å². The average Bonchev–Trinajstić information content (AvgIpc) is 2.56. The van der Waals surface area contributed by atoms with Crippen LogP contribution in [0.15, 0.2) is 24.3 Å². The highest BCUT2D eigenvalue weighted by Gasteiger charge is 2.45. The highest BCUT2D eigenvalue weighted by molar-refractivity contribution is 5.87. The number of carbonyl (C=O) groups excluding carboxylic acids is 1. The van der Waals surface area contributed by atoms with E-state index in [2.05, 4.69) is 0 Å². The number of esters is 1. The van der Waals surface area contributed by atoms with Crippen molar-refractivity contribution in [3.8, 4) is 11.5 Å². The smallest absolute Gasteiger partial charge is 0.331 e. The van der Waals surface area contributed by atoms with Gasteiger partial charge in [-0.1, -0.05) is 6.07 Å². The van der Waals surface area contributed by atoms with Gasteiger partial charge in [-0.3, -0.25) is 0 Å². The van der Waals surface area contributed by atoms with Crippen LogP contribution in [0.4, 0.5) is 0 Å². The van der Waals surface area contributed by atoms with Crippen LogP contribution in [-0.2, 0) is 14.3 Å². The van der Waals surface area contributed by atoms with Gasteiger partial charge in [0, 0.05) is 6.08 Å². The van der Waals surface area contributed by atoms with Crippen LogP contribution in [0.2, 0.25) is 0 Å². The van der Waals surface area contributed by atoms with Crippen LogP contribution in [0.25, 0.3) is 6.08 Å². The summed E-state index contributed by atoms with van der Waals surface area (Å²) in [6, 6.07) is 3.87. The molecule has 1 fully saturated rings. The van der Waals surface area contributed by atoms with Crippen molar-refractivity contribution >= 4 is 12.0 Å². The Morgan fingerprint density at radius 2 is 1.88 bits per heavy atom. The number of hydrogen-bond donors (Lipinski definition) is 6. The Morgan fingerprint density at radius 1 is 1.17 bits per heavy atom. The van der Waals surface area contributed by atoms with E-state index < -0.39 is 43.3 Å². The Balaban J connectivity index is 2.04. The molecular weight excluding hydrogens is 324 g/mol. The van der Waals surface area contributed by atoms with Crippen molar-refractivity contribution in [1.82, 2.24) is 0 Å². The highest BCUT2D eigenvalue weighted by Crippen LogP contribution is 2.26. The lowest BCUT2D eigenvalue weighted by molar-refractivity contribution is -0.289. The molecule has 1 aliphatic heterocycles. The third-order valence-electron chi connectivity index (χ3n) is 3.50. The molecule has 0 aromatic heterocycles. The summed E-state index contributed by atoms with van der Waals surface area (Å²) >= 11 is 0. The Bertz CT molecular complexity index is 615. The van der Waals surface area contributed by atoms with E-state index in [1.165, 1.54) is 24.3 Å². The van der Waals surface area contributed by atoms with E-state index in [0.29, 0.717) is 5.56 Å². The topological polar surface area (TPSA) is 157 Å². The molecule has 9 nitrogen and oxygen atoms in total. The molecule has 5 atom stereocenters. The number of aliphatic hydroxyl groups is 4. The minimum atomic E-state index is -1.72. The number of rotatable bonds is 4. The van der Waals surface area contributed by atoms with Gasteiger partial charge >= 0.3 is 5.97 Å². The monoisotopic (exact) mass is 342 g/mol. The number of phenolic OH excluding ortho intramolecular Hbond substituents is 2. The number of aromatic hydroxyl groups is 2. The van der Waals surface area contributed by atoms with E-state index in [4.69, 9.17) is 14.6 Å². The number of phenols is 2. The second kappa shape index (κ2) is 7.60. The van der Waals surface area contributed by atoms with Crippen molar-refractivity contribution in [2.75, 3.05) is 6.61 Å². The minimum absolute atomic E-state index is 0.313.